The second kappa shape index (κ2) is 7.17. The average Bonchev–Trinajstić information content (AvgIpc) is 2.36. The molecule has 0 fully saturated rings. The highest BCUT2D eigenvalue weighted by atomic mass is 16.5. The van der Waals surface area contributed by atoms with Gasteiger partial charge in [0.25, 0.3) is 0 Å². The normalized spacial score (nSPS) is 12.5. The number of rotatable bonds is 6. The lowest BCUT2D eigenvalue weighted by atomic mass is 9.93. The van der Waals surface area contributed by atoms with Crippen molar-refractivity contribution in [3.05, 3.63) is 29.8 Å². The molecule has 0 saturated carbocycles. The first-order valence-electron chi connectivity index (χ1n) is 6.80. The standard InChI is InChI=1S/C16H25NO2/c1-13(17-18)5-6-14-7-9-15(10-8-14)19-12-11-16(2,3)4/h7-10,18H,5-6,11-12H2,1-4H3. The molecule has 1 aromatic carbocycles. The molecule has 0 spiro atoms. The Morgan fingerprint density at radius 2 is 1.84 bits per heavy atom. The van der Waals surface area contributed by atoms with Crippen LogP contribution in [0.15, 0.2) is 29.4 Å². The summed E-state index contributed by atoms with van der Waals surface area (Å²) in [6.07, 6.45) is 2.71. The maximum absolute atomic E-state index is 8.59. The molecule has 0 aliphatic rings. The van der Waals surface area contributed by atoms with Crippen LogP contribution < -0.4 is 4.74 Å². The van der Waals surface area contributed by atoms with E-state index in [0.29, 0.717) is 5.41 Å². The Morgan fingerprint density at radius 1 is 1.21 bits per heavy atom. The van der Waals surface area contributed by atoms with Crippen LogP contribution in [0, 0.1) is 5.41 Å². The Kier molecular flexibility index (Phi) is 5.87. The predicted octanol–water partition coefficient (Wildman–Crippen LogP) is 4.28. The second-order valence-electron chi connectivity index (χ2n) is 6.14. The van der Waals surface area contributed by atoms with Crippen molar-refractivity contribution in [1.82, 2.24) is 0 Å². The summed E-state index contributed by atoms with van der Waals surface area (Å²) in [6.45, 7) is 9.21. The molecule has 0 saturated heterocycles. The van der Waals surface area contributed by atoms with Gasteiger partial charge in [0, 0.05) is 0 Å². The Morgan fingerprint density at radius 3 is 2.37 bits per heavy atom. The van der Waals surface area contributed by atoms with E-state index in [2.05, 4.69) is 38.1 Å². The molecule has 0 radical (unpaired) electrons. The topological polar surface area (TPSA) is 41.8 Å². The van der Waals surface area contributed by atoms with Crippen LogP contribution in [0.2, 0.25) is 0 Å². The number of benzene rings is 1. The third-order valence-electron chi connectivity index (χ3n) is 2.99. The molecular weight excluding hydrogens is 238 g/mol. The molecule has 19 heavy (non-hydrogen) atoms. The van der Waals surface area contributed by atoms with Gasteiger partial charge in [0.15, 0.2) is 0 Å². The van der Waals surface area contributed by atoms with Crippen LogP contribution in [0.5, 0.6) is 5.75 Å². The van der Waals surface area contributed by atoms with Gasteiger partial charge in [0.05, 0.1) is 12.3 Å². The lowest BCUT2D eigenvalue weighted by Gasteiger charge is -2.18. The Labute approximate surface area is 116 Å². The van der Waals surface area contributed by atoms with E-state index in [-0.39, 0.29) is 0 Å². The van der Waals surface area contributed by atoms with E-state index in [1.807, 2.05) is 19.1 Å². The molecule has 0 unspecified atom stereocenters. The summed E-state index contributed by atoms with van der Waals surface area (Å²) < 4.78 is 5.72. The monoisotopic (exact) mass is 263 g/mol. The highest BCUT2D eigenvalue weighted by Crippen LogP contribution is 2.20. The van der Waals surface area contributed by atoms with Crippen molar-refractivity contribution >= 4 is 5.71 Å². The minimum Gasteiger partial charge on any atom is -0.494 e. The van der Waals surface area contributed by atoms with Gasteiger partial charge in [-0.05, 0) is 49.3 Å². The SMILES string of the molecule is CC(CCc1ccc(OCCC(C)(C)C)cc1)=NO. The van der Waals surface area contributed by atoms with Gasteiger partial charge in [-0.3, -0.25) is 0 Å². The number of oxime groups is 1. The van der Waals surface area contributed by atoms with Crippen LogP contribution in [0.4, 0.5) is 0 Å². The molecule has 106 valence electrons. The quantitative estimate of drug-likeness (QED) is 0.473. The summed E-state index contributed by atoms with van der Waals surface area (Å²) in [5.74, 6) is 0.917. The highest BCUT2D eigenvalue weighted by Gasteiger charge is 2.09. The molecule has 0 aliphatic heterocycles. The summed E-state index contributed by atoms with van der Waals surface area (Å²) >= 11 is 0. The first-order valence-corrected chi connectivity index (χ1v) is 6.80. The van der Waals surface area contributed by atoms with E-state index < -0.39 is 0 Å². The number of nitrogens with zero attached hydrogens (tertiary/aromatic N) is 1. The van der Waals surface area contributed by atoms with Gasteiger partial charge >= 0.3 is 0 Å². The van der Waals surface area contributed by atoms with Crippen LogP contribution in [-0.4, -0.2) is 17.5 Å². The third kappa shape index (κ3) is 6.85. The highest BCUT2D eigenvalue weighted by molar-refractivity contribution is 5.81. The number of hydrogen-bond donors (Lipinski definition) is 1. The van der Waals surface area contributed by atoms with Gasteiger partial charge in [0.2, 0.25) is 0 Å². The molecule has 0 bridgehead atoms. The number of aryl methyl sites for hydroxylation is 1. The molecule has 0 amide bonds. The molecule has 1 aromatic rings. The van der Waals surface area contributed by atoms with Gasteiger partial charge in [-0.1, -0.05) is 38.1 Å². The largest absolute Gasteiger partial charge is 0.494 e. The Hall–Kier alpha value is -1.51. The molecule has 0 atom stereocenters. The van der Waals surface area contributed by atoms with E-state index in [1.54, 1.807) is 0 Å². The van der Waals surface area contributed by atoms with Gasteiger partial charge in [-0.2, -0.15) is 0 Å². The third-order valence-corrected chi connectivity index (χ3v) is 2.99. The zero-order chi connectivity index (χ0) is 14.3. The minimum absolute atomic E-state index is 0.307. The fourth-order valence-electron chi connectivity index (χ4n) is 1.60. The minimum atomic E-state index is 0.307. The molecule has 3 nitrogen and oxygen atoms in total. The van der Waals surface area contributed by atoms with E-state index in [4.69, 9.17) is 9.94 Å². The van der Waals surface area contributed by atoms with E-state index in [9.17, 15) is 0 Å². The van der Waals surface area contributed by atoms with Crippen LogP contribution in [-0.2, 0) is 6.42 Å². The predicted molar refractivity (Wildman–Crippen MR) is 79.2 cm³/mol. The van der Waals surface area contributed by atoms with E-state index >= 15 is 0 Å². The van der Waals surface area contributed by atoms with Crippen molar-refractivity contribution in [2.24, 2.45) is 10.6 Å². The van der Waals surface area contributed by atoms with Gasteiger partial charge in [0.1, 0.15) is 5.75 Å². The number of ether oxygens (including phenoxy) is 1. The molecule has 0 heterocycles. The molecule has 1 rings (SSSR count). The van der Waals surface area contributed by atoms with Gasteiger partial charge < -0.3 is 9.94 Å². The summed E-state index contributed by atoms with van der Waals surface area (Å²) in [7, 11) is 0. The summed E-state index contributed by atoms with van der Waals surface area (Å²) in [6, 6.07) is 8.14. The van der Waals surface area contributed by atoms with Crippen molar-refractivity contribution in [3.63, 3.8) is 0 Å². The number of hydrogen-bond acceptors (Lipinski definition) is 3. The Bertz CT molecular complexity index is 402. The summed E-state index contributed by atoms with van der Waals surface area (Å²) in [5, 5.41) is 11.8. The smallest absolute Gasteiger partial charge is 0.119 e. The zero-order valence-electron chi connectivity index (χ0n) is 12.4. The van der Waals surface area contributed by atoms with Crippen molar-refractivity contribution in [3.8, 4) is 5.75 Å². The average molecular weight is 263 g/mol. The lowest BCUT2D eigenvalue weighted by Crippen LogP contribution is -2.11. The second-order valence-corrected chi connectivity index (χ2v) is 6.14. The van der Waals surface area contributed by atoms with Crippen LogP contribution in [0.3, 0.4) is 0 Å². The van der Waals surface area contributed by atoms with Crippen LogP contribution in [0.1, 0.15) is 46.1 Å². The van der Waals surface area contributed by atoms with Crippen molar-refractivity contribution < 1.29 is 9.94 Å². The van der Waals surface area contributed by atoms with Crippen molar-refractivity contribution in [2.45, 2.75) is 47.0 Å². The fourth-order valence-corrected chi connectivity index (χ4v) is 1.60. The Balaban J connectivity index is 2.39. The van der Waals surface area contributed by atoms with Crippen LogP contribution in [0.25, 0.3) is 0 Å². The fraction of sp³-hybridized carbons (Fsp3) is 0.562. The molecular formula is C16H25NO2. The first kappa shape index (κ1) is 15.5. The van der Waals surface area contributed by atoms with Gasteiger partial charge in [-0.25, -0.2) is 0 Å². The maximum Gasteiger partial charge on any atom is 0.119 e. The van der Waals surface area contributed by atoms with E-state index in [0.717, 1.165) is 37.3 Å². The molecule has 0 aromatic heterocycles. The van der Waals surface area contributed by atoms with Crippen molar-refractivity contribution in [2.75, 3.05) is 6.61 Å². The summed E-state index contributed by atoms with van der Waals surface area (Å²) in [5.41, 5.74) is 2.29. The molecule has 1 N–H and O–H groups in total. The van der Waals surface area contributed by atoms with Gasteiger partial charge in [-0.15, -0.1) is 0 Å². The maximum atomic E-state index is 8.59. The lowest BCUT2D eigenvalue weighted by molar-refractivity contribution is 0.243. The molecule has 0 aliphatic carbocycles. The first-order chi connectivity index (χ1) is 8.90. The summed E-state index contributed by atoms with van der Waals surface area (Å²) in [4.78, 5) is 0. The molecule has 3 heteroatoms. The van der Waals surface area contributed by atoms with Crippen molar-refractivity contribution in [1.29, 1.82) is 0 Å². The van der Waals surface area contributed by atoms with Crippen LogP contribution >= 0.6 is 0 Å². The zero-order valence-corrected chi connectivity index (χ0v) is 12.4. The van der Waals surface area contributed by atoms with E-state index in [1.165, 1.54) is 5.56 Å².